The number of urea groups is 1. The molecule has 0 unspecified atom stereocenters. The van der Waals surface area contributed by atoms with Crippen molar-refractivity contribution in [1.82, 2.24) is 30.0 Å². The lowest BCUT2D eigenvalue weighted by molar-refractivity contribution is 0.193. The van der Waals surface area contributed by atoms with Crippen molar-refractivity contribution in [2.75, 3.05) is 31.1 Å². The molecular weight excluding hydrogens is 486 g/mol. The van der Waals surface area contributed by atoms with Crippen molar-refractivity contribution in [1.29, 1.82) is 0 Å². The summed E-state index contributed by atoms with van der Waals surface area (Å²) < 4.78 is 1.94. The molecule has 2 aromatic carbocycles. The van der Waals surface area contributed by atoms with Gasteiger partial charge >= 0.3 is 6.03 Å². The number of aryl methyl sites for hydroxylation is 1. The molecule has 1 aliphatic carbocycles. The lowest BCUT2D eigenvalue weighted by Gasteiger charge is -2.28. The summed E-state index contributed by atoms with van der Waals surface area (Å²) >= 11 is 0. The number of fused-ring (bicyclic) bond motifs is 1. The van der Waals surface area contributed by atoms with Gasteiger partial charge in [0, 0.05) is 38.6 Å². The maximum absolute atomic E-state index is 13.1. The van der Waals surface area contributed by atoms with Crippen molar-refractivity contribution in [3.05, 3.63) is 77.7 Å². The average molecular weight is 524 g/mol. The molecule has 8 heteroatoms. The topological polar surface area (TPSA) is 79.2 Å². The summed E-state index contributed by atoms with van der Waals surface area (Å²) in [6.07, 6.45) is 7.44. The number of nitrogens with zero attached hydrogens (tertiary/aromatic N) is 6. The Bertz CT molecular complexity index is 1410. The summed E-state index contributed by atoms with van der Waals surface area (Å²) in [7, 11) is 0. The van der Waals surface area contributed by atoms with E-state index >= 15 is 0 Å². The van der Waals surface area contributed by atoms with Crippen LogP contribution in [0.15, 0.2) is 60.7 Å². The fourth-order valence-electron chi connectivity index (χ4n) is 5.89. The Kier molecular flexibility index (Phi) is 7.43. The van der Waals surface area contributed by atoms with Gasteiger partial charge in [-0.15, -0.1) is 0 Å². The van der Waals surface area contributed by atoms with Crippen molar-refractivity contribution in [2.24, 2.45) is 0 Å². The summed E-state index contributed by atoms with van der Waals surface area (Å²) in [6, 6.07) is 20.9. The number of carbonyl (C=O) groups is 1. The van der Waals surface area contributed by atoms with Crippen LogP contribution in [0.5, 0.6) is 0 Å². The summed E-state index contributed by atoms with van der Waals surface area (Å²) in [6.45, 7) is 5.02. The Balaban J connectivity index is 1.31. The summed E-state index contributed by atoms with van der Waals surface area (Å²) in [5.74, 6) is 1.69. The van der Waals surface area contributed by atoms with Gasteiger partial charge in [-0.3, -0.25) is 0 Å². The largest absolute Gasteiger partial charge is 0.354 e. The third-order valence-corrected chi connectivity index (χ3v) is 7.95. The molecule has 1 aliphatic heterocycles. The second kappa shape index (κ2) is 11.4. The molecule has 2 aromatic heterocycles. The zero-order valence-electron chi connectivity index (χ0n) is 22.7. The first kappa shape index (κ1) is 25.3. The molecule has 2 fully saturated rings. The lowest BCUT2D eigenvalue weighted by Crippen LogP contribution is -2.46. The summed E-state index contributed by atoms with van der Waals surface area (Å²) in [5.41, 5.74) is 3.89. The fourth-order valence-corrected chi connectivity index (χ4v) is 5.89. The SMILES string of the molecule is Cc1nn(-c2ccccc2)c2nc(Cc3ccccc3)nc(N3CCCN(C(=O)NC4CCCCC4)CC3)c12. The predicted octanol–water partition coefficient (Wildman–Crippen LogP) is 5.27. The van der Waals surface area contributed by atoms with Crippen molar-refractivity contribution < 1.29 is 4.79 Å². The second-order valence-electron chi connectivity index (χ2n) is 10.8. The van der Waals surface area contributed by atoms with Crippen molar-refractivity contribution >= 4 is 22.9 Å². The zero-order valence-corrected chi connectivity index (χ0v) is 22.7. The predicted molar refractivity (Wildman–Crippen MR) is 154 cm³/mol. The number of nitrogens with one attached hydrogen (secondary N) is 1. The first-order valence-electron chi connectivity index (χ1n) is 14.3. The van der Waals surface area contributed by atoms with Crippen LogP contribution in [0.2, 0.25) is 0 Å². The Morgan fingerprint density at radius 3 is 2.38 bits per heavy atom. The van der Waals surface area contributed by atoms with Gasteiger partial charge in [0.1, 0.15) is 11.6 Å². The number of amides is 2. The minimum atomic E-state index is 0.0782. The van der Waals surface area contributed by atoms with Crippen LogP contribution in [-0.2, 0) is 6.42 Å². The monoisotopic (exact) mass is 523 g/mol. The average Bonchev–Trinajstić information content (AvgIpc) is 3.13. The molecule has 1 N–H and O–H groups in total. The van der Waals surface area contributed by atoms with Crippen LogP contribution in [0, 0.1) is 6.92 Å². The smallest absolute Gasteiger partial charge is 0.317 e. The van der Waals surface area contributed by atoms with E-state index in [-0.39, 0.29) is 6.03 Å². The van der Waals surface area contributed by atoms with E-state index < -0.39 is 0 Å². The molecule has 2 aliphatic rings. The van der Waals surface area contributed by atoms with Crippen LogP contribution < -0.4 is 10.2 Å². The normalized spacial score (nSPS) is 16.8. The van der Waals surface area contributed by atoms with E-state index in [1.54, 1.807) is 0 Å². The maximum Gasteiger partial charge on any atom is 0.317 e. The molecule has 8 nitrogen and oxygen atoms in total. The standard InChI is InChI=1S/C31H37N7O/c1-23-28-29(36-18-11-19-37(21-20-36)31(39)32-25-14-7-3-8-15-25)33-27(22-24-12-5-2-6-13-24)34-30(28)38(35-23)26-16-9-4-10-17-26/h2,4-6,9-10,12-13,16-17,25H,3,7-8,11,14-15,18-22H2,1H3,(H,32,39). The van der Waals surface area contributed by atoms with Gasteiger partial charge in [-0.1, -0.05) is 67.8 Å². The summed E-state index contributed by atoms with van der Waals surface area (Å²) in [4.78, 5) is 27.6. The molecule has 0 atom stereocenters. The number of anilines is 1. The third kappa shape index (κ3) is 5.60. The highest BCUT2D eigenvalue weighted by molar-refractivity contribution is 5.91. The van der Waals surface area contributed by atoms with Crippen molar-refractivity contribution in [3.8, 4) is 5.69 Å². The van der Waals surface area contributed by atoms with Crippen LogP contribution in [0.25, 0.3) is 16.7 Å². The molecule has 2 amide bonds. The molecule has 4 aromatic rings. The van der Waals surface area contributed by atoms with E-state index in [0.717, 1.165) is 73.0 Å². The van der Waals surface area contributed by atoms with Gasteiger partial charge in [-0.05, 0) is 43.9 Å². The Morgan fingerprint density at radius 1 is 0.872 bits per heavy atom. The molecule has 39 heavy (non-hydrogen) atoms. The van der Waals surface area contributed by atoms with Gasteiger partial charge in [0.25, 0.3) is 0 Å². The fraction of sp³-hybridized carbons (Fsp3) is 0.419. The first-order valence-corrected chi connectivity index (χ1v) is 14.3. The molecule has 0 spiro atoms. The number of carbonyl (C=O) groups excluding carboxylic acids is 1. The zero-order chi connectivity index (χ0) is 26.6. The number of hydrogen-bond acceptors (Lipinski definition) is 5. The second-order valence-corrected chi connectivity index (χ2v) is 10.8. The van der Waals surface area contributed by atoms with Crippen molar-refractivity contribution in [3.63, 3.8) is 0 Å². The molecule has 3 heterocycles. The third-order valence-electron chi connectivity index (χ3n) is 7.95. The molecule has 1 saturated carbocycles. The number of aromatic nitrogens is 4. The van der Waals surface area contributed by atoms with Crippen LogP contribution in [0.4, 0.5) is 10.6 Å². The molecular formula is C31H37N7O. The minimum absolute atomic E-state index is 0.0782. The van der Waals surface area contributed by atoms with Gasteiger partial charge in [0.15, 0.2) is 5.65 Å². The van der Waals surface area contributed by atoms with E-state index in [9.17, 15) is 4.79 Å². The highest BCUT2D eigenvalue weighted by Crippen LogP contribution is 2.30. The Hall–Kier alpha value is -3.94. The number of para-hydroxylation sites is 1. The van der Waals surface area contributed by atoms with Gasteiger partial charge < -0.3 is 15.1 Å². The van der Waals surface area contributed by atoms with E-state index in [1.165, 1.54) is 24.8 Å². The molecule has 202 valence electrons. The van der Waals surface area contributed by atoms with E-state index in [1.807, 2.05) is 40.8 Å². The highest BCUT2D eigenvalue weighted by atomic mass is 16.2. The van der Waals surface area contributed by atoms with Gasteiger partial charge in [0.05, 0.1) is 16.8 Å². The van der Waals surface area contributed by atoms with E-state index in [4.69, 9.17) is 15.1 Å². The van der Waals surface area contributed by atoms with Gasteiger partial charge in [-0.2, -0.15) is 5.10 Å². The number of rotatable bonds is 5. The van der Waals surface area contributed by atoms with Crippen molar-refractivity contribution in [2.45, 2.75) is 57.9 Å². The Morgan fingerprint density at radius 2 is 1.62 bits per heavy atom. The molecule has 1 saturated heterocycles. The minimum Gasteiger partial charge on any atom is -0.354 e. The Labute approximate surface area is 230 Å². The van der Waals surface area contributed by atoms with Gasteiger partial charge in [-0.25, -0.2) is 19.4 Å². The molecule has 6 rings (SSSR count). The lowest BCUT2D eigenvalue weighted by atomic mass is 9.96. The summed E-state index contributed by atoms with van der Waals surface area (Å²) in [5, 5.41) is 9.19. The quantitative estimate of drug-likeness (QED) is 0.386. The van der Waals surface area contributed by atoms with E-state index in [0.29, 0.717) is 19.0 Å². The van der Waals surface area contributed by atoms with Crippen LogP contribution in [0.3, 0.4) is 0 Å². The van der Waals surface area contributed by atoms with Crippen LogP contribution >= 0.6 is 0 Å². The number of benzene rings is 2. The molecule has 0 bridgehead atoms. The van der Waals surface area contributed by atoms with Crippen LogP contribution in [0.1, 0.15) is 55.6 Å². The number of hydrogen-bond donors (Lipinski definition) is 1. The first-order chi connectivity index (χ1) is 19.2. The van der Waals surface area contributed by atoms with E-state index in [2.05, 4.69) is 46.6 Å². The van der Waals surface area contributed by atoms with Gasteiger partial charge in [0.2, 0.25) is 0 Å². The molecule has 0 radical (unpaired) electrons. The highest BCUT2D eigenvalue weighted by Gasteiger charge is 2.26. The van der Waals surface area contributed by atoms with Crippen LogP contribution in [-0.4, -0.2) is 62.9 Å². The maximum atomic E-state index is 13.1.